The van der Waals surface area contributed by atoms with Gasteiger partial charge in [0.1, 0.15) is 6.04 Å². The highest BCUT2D eigenvalue weighted by Crippen LogP contribution is 2.31. The van der Waals surface area contributed by atoms with E-state index in [1.165, 1.54) is 0 Å². The molecule has 4 aromatic rings. The Morgan fingerprint density at radius 1 is 1.04 bits per heavy atom. The zero-order valence-corrected chi connectivity index (χ0v) is 28.6. The van der Waals surface area contributed by atoms with E-state index in [1.54, 1.807) is 27.8 Å². The van der Waals surface area contributed by atoms with Gasteiger partial charge in [0.2, 0.25) is 11.8 Å². The fourth-order valence-electron chi connectivity index (χ4n) is 6.35. The molecule has 0 saturated carbocycles. The number of nitrogens with zero attached hydrogens (tertiary/aromatic N) is 5. The molecule has 2 aliphatic rings. The van der Waals surface area contributed by atoms with Crippen LogP contribution in [0.5, 0.6) is 0 Å². The topological polar surface area (TPSA) is 150 Å². The van der Waals surface area contributed by atoms with Gasteiger partial charge in [-0.05, 0) is 69.9 Å². The minimum absolute atomic E-state index is 0.135. The number of piperidine rings is 1. The number of H-pyrrole nitrogens is 1. The van der Waals surface area contributed by atoms with Crippen molar-refractivity contribution < 1.29 is 14.4 Å². The average Bonchev–Trinajstić information content (AvgIpc) is 3.40. The van der Waals surface area contributed by atoms with Gasteiger partial charge in [-0.25, -0.2) is 4.79 Å². The van der Waals surface area contributed by atoms with Crippen LogP contribution in [0.4, 0.5) is 5.69 Å². The summed E-state index contributed by atoms with van der Waals surface area (Å²) in [4.78, 5) is 67.2. The Morgan fingerprint density at radius 2 is 1.72 bits per heavy atom. The maximum Gasteiger partial charge on any atom is 0.326 e. The standard InChI is InChI=1S/C32H36Br2N8O4/c1-39-10-12-40(13-11-39)18-28(44)37-25(16-27(43)19-14-22(33)29(35)23(34)15-19)31(45)41-8-6-20(7-9-41)42-26-17-36-24-5-3-2-4-21(24)30(26)38-32(42)46/h2-5,14-15,17,20,25H,6-13,16,18,35H2,1H3,(H,37,44)(H,38,46). The van der Waals surface area contributed by atoms with Crippen LogP contribution in [0, 0.1) is 0 Å². The minimum Gasteiger partial charge on any atom is -0.397 e. The number of Topliss-reactive ketones (excluding diaryl/α,β-unsaturated/α-hetero) is 1. The number of nitrogens with one attached hydrogen (secondary N) is 2. The largest absolute Gasteiger partial charge is 0.397 e. The Labute approximate surface area is 282 Å². The molecule has 1 unspecified atom stereocenters. The Bertz CT molecular complexity index is 1830. The lowest BCUT2D eigenvalue weighted by molar-refractivity contribution is -0.137. The maximum atomic E-state index is 14.0. The number of likely N-dealkylation sites (tertiary alicyclic amines) is 1. The second-order valence-electron chi connectivity index (χ2n) is 12.1. The van der Waals surface area contributed by atoms with Crippen molar-refractivity contribution in [1.82, 2.24) is 34.6 Å². The second-order valence-corrected chi connectivity index (χ2v) is 13.8. The molecule has 1 atom stereocenters. The van der Waals surface area contributed by atoms with Crippen molar-refractivity contribution in [2.45, 2.75) is 31.3 Å². The van der Waals surface area contributed by atoms with Crippen molar-refractivity contribution in [2.75, 3.05) is 58.6 Å². The number of amides is 2. The summed E-state index contributed by atoms with van der Waals surface area (Å²) in [5, 5.41) is 3.76. The quantitative estimate of drug-likeness (QED) is 0.184. The van der Waals surface area contributed by atoms with Gasteiger partial charge >= 0.3 is 5.69 Å². The number of carbonyl (C=O) groups excluding carboxylic acids is 3. The predicted octanol–water partition coefficient (Wildman–Crippen LogP) is 3.15. The van der Waals surface area contributed by atoms with Crippen molar-refractivity contribution in [3.63, 3.8) is 0 Å². The number of imidazole rings is 1. The van der Waals surface area contributed by atoms with E-state index in [2.05, 4.69) is 56.9 Å². The molecule has 2 aliphatic heterocycles. The summed E-state index contributed by atoms with van der Waals surface area (Å²) < 4.78 is 2.86. The van der Waals surface area contributed by atoms with E-state index in [1.807, 2.05) is 31.3 Å². The van der Waals surface area contributed by atoms with Crippen LogP contribution >= 0.6 is 31.9 Å². The second kappa shape index (κ2) is 13.6. The molecule has 0 spiro atoms. The van der Waals surface area contributed by atoms with Crippen LogP contribution in [0.3, 0.4) is 0 Å². The van der Waals surface area contributed by atoms with E-state index >= 15 is 0 Å². The number of para-hydroxylation sites is 1. The number of carbonyl (C=O) groups is 3. The summed E-state index contributed by atoms with van der Waals surface area (Å²) in [5.41, 5.74) is 8.92. The molecule has 14 heteroatoms. The number of aromatic nitrogens is 3. The first kappa shape index (κ1) is 32.4. The Kier molecular flexibility index (Phi) is 9.59. The van der Waals surface area contributed by atoms with Gasteiger partial charge in [-0.2, -0.15) is 0 Å². The van der Waals surface area contributed by atoms with Crippen molar-refractivity contribution in [3.8, 4) is 0 Å². The molecule has 4 heterocycles. The summed E-state index contributed by atoms with van der Waals surface area (Å²) >= 11 is 6.77. The van der Waals surface area contributed by atoms with Gasteiger partial charge in [-0.15, -0.1) is 0 Å². The van der Waals surface area contributed by atoms with Crippen molar-refractivity contribution in [1.29, 1.82) is 0 Å². The van der Waals surface area contributed by atoms with Gasteiger partial charge in [0.15, 0.2) is 5.78 Å². The average molecular weight is 756 g/mol. The number of benzene rings is 2. The smallest absolute Gasteiger partial charge is 0.326 e. The fraction of sp³-hybridized carbons (Fsp3) is 0.406. The van der Waals surface area contributed by atoms with Crippen LogP contribution in [0.2, 0.25) is 0 Å². The number of nitrogen functional groups attached to an aromatic ring is 1. The number of halogens is 2. The Balaban J connectivity index is 1.18. The van der Waals surface area contributed by atoms with Gasteiger partial charge in [-0.1, -0.05) is 18.2 Å². The highest BCUT2D eigenvalue weighted by atomic mass is 79.9. The first-order chi connectivity index (χ1) is 22.1. The molecule has 2 saturated heterocycles. The highest BCUT2D eigenvalue weighted by molar-refractivity contribution is 9.11. The Morgan fingerprint density at radius 3 is 2.41 bits per heavy atom. The van der Waals surface area contributed by atoms with Crippen LogP contribution in [0.25, 0.3) is 21.9 Å². The first-order valence-electron chi connectivity index (χ1n) is 15.3. The zero-order chi connectivity index (χ0) is 32.5. The molecule has 2 aromatic heterocycles. The number of fused-ring (bicyclic) bond motifs is 3. The molecule has 2 aromatic carbocycles. The highest BCUT2D eigenvalue weighted by Gasteiger charge is 2.33. The zero-order valence-electron chi connectivity index (χ0n) is 25.5. The lowest BCUT2D eigenvalue weighted by Crippen LogP contribution is -2.54. The lowest BCUT2D eigenvalue weighted by Gasteiger charge is -2.35. The first-order valence-corrected chi connectivity index (χ1v) is 16.9. The van der Waals surface area contributed by atoms with Crippen LogP contribution < -0.4 is 16.7 Å². The molecule has 12 nitrogen and oxygen atoms in total. The number of hydrogen-bond donors (Lipinski definition) is 3. The van der Waals surface area contributed by atoms with Crippen LogP contribution in [-0.2, 0) is 9.59 Å². The van der Waals surface area contributed by atoms with Crippen LogP contribution in [0.15, 0.2) is 56.3 Å². The summed E-state index contributed by atoms with van der Waals surface area (Å²) in [6.45, 7) is 4.12. The van der Waals surface area contributed by atoms with Gasteiger partial charge in [0.25, 0.3) is 0 Å². The summed E-state index contributed by atoms with van der Waals surface area (Å²) in [6, 6.07) is 9.75. The lowest BCUT2D eigenvalue weighted by atomic mass is 9.99. The van der Waals surface area contributed by atoms with Gasteiger partial charge in [-0.3, -0.25) is 28.8 Å². The van der Waals surface area contributed by atoms with E-state index in [4.69, 9.17) is 5.73 Å². The molecular weight excluding hydrogens is 720 g/mol. The van der Waals surface area contributed by atoms with E-state index in [-0.39, 0.29) is 42.3 Å². The number of anilines is 1. The van der Waals surface area contributed by atoms with Gasteiger partial charge in [0, 0.05) is 71.6 Å². The maximum absolute atomic E-state index is 14.0. The van der Waals surface area contributed by atoms with E-state index in [0.29, 0.717) is 46.1 Å². The molecule has 0 bridgehead atoms. The number of ketones is 1. The van der Waals surface area contributed by atoms with E-state index < -0.39 is 6.04 Å². The SMILES string of the molecule is CN1CCN(CC(=O)NC(CC(=O)c2cc(Br)c(N)c(Br)c2)C(=O)N2CCC(n3c(=O)[nH]c4c5ccccc5ncc43)CC2)CC1. The van der Waals surface area contributed by atoms with Crippen molar-refractivity contribution >= 4 is 77.1 Å². The molecule has 46 heavy (non-hydrogen) atoms. The van der Waals surface area contributed by atoms with Crippen LogP contribution in [-0.4, -0.2) is 106 Å². The van der Waals surface area contributed by atoms with Gasteiger partial charge < -0.3 is 25.8 Å². The number of pyridine rings is 1. The number of rotatable bonds is 8. The third-order valence-corrected chi connectivity index (χ3v) is 10.3. The van der Waals surface area contributed by atoms with Crippen LogP contribution in [0.1, 0.15) is 35.7 Å². The van der Waals surface area contributed by atoms with E-state index in [9.17, 15) is 19.2 Å². The van der Waals surface area contributed by atoms with Gasteiger partial charge in [0.05, 0.1) is 35.0 Å². The third-order valence-electron chi connectivity index (χ3n) is 8.99. The summed E-state index contributed by atoms with van der Waals surface area (Å²) in [7, 11) is 2.04. The molecule has 2 fully saturated rings. The number of piperazine rings is 1. The molecular formula is C32H36Br2N8O4. The third kappa shape index (κ3) is 6.75. The number of nitrogens with two attached hydrogens (primary N) is 1. The molecule has 0 aliphatic carbocycles. The number of likely N-dealkylation sites (N-methyl/N-ethyl adjacent to an activating group) is 1. The normalized spacial score (nSPS) is 17.4. The molecule has 242 valence electrons. The summed E-state index contributed by atoms with van der Waals surface area (Å²) in [5.74, 6) is -0.902. The van der Waals surface area contributed by atoms with Crippen molar-refractivity contribution in [3.05, 3.63) is 67.6 Å². The van der Waals surface area contributed by atoms with Crippen molar-refractivity contribution in [2.24, 2.45) is 0 Å². The summed E-state index contributed by atoms with van der Waals surface area (Å²) in [6.07, 6.45) is 2.60. The molecule has 6 rings (SSSR count). The number of hydrogen-bond acceptors (Lipinski definition) is 8. The minimum atomic E-state index is -1.04. The fourth-order valence-corrected chi connectivity index (χ4v) is 7.53. The predicted molar refractivity (Wildman–Crippen MR) is 184 cm³/mol. The Hall–Kier alpha value is -3.59. The molecule has 0 radical (unpaired) electrons. The molecule has 2 amide bonds. The van der Waals surface area contributed by atoms with E-state index in [0.717, 1.165) is 48.1 Å². The monoisotopic (exact) mass is 754 g/mol. The number of aromatic amines is 1. The molecule has 4 N–H and O–H groups in total.